The van der Waals surface area contributed by atoms with Crippen molar-refractivity contribution in [3.05, 3.63) is 28.8 Å². The SMILES string of the molecule is NCc1cccc(Cl)c1N1CCOC2CCCC21. The van der Waals surface area contributed by atoms with Crippen LogP contribution in [0.2, 0.25) is 5.02 Å². The average Bonchev–Trinajstić information content (AvgIpc) is 2.86. The molecule has 0 amide bonds. The molecule has 1 aromatic carbocycles. The molecule has 0 bridgehead atoms. The van der Waals surface area contributed by atoms with Crippen LogP contribution in [0.5, 0.6) is 0 Å². The molecular weight excluding hydrogens is 248 g/mol. The Morgan fingerprint density at radius 3 is 3.11 bits per heavy atom. The lowest BCUT2D eigenvalue weighted by Gasteiger charge is -2.40. The van der Waals surface area contributed by atoms with E-state index < -0.39 is 0 Å². The van der Waals surface area contributed by atoms with Gasteiger partial charge >= 0.3 is 0 Å². The second-order valence-corrected chi connectivity index (χ2v) is 5.46. The summed E-state index contributed by atoms with van der Waals surface area (Å²) < 4.78 is 5.85. The zero-order valence-corrected chi connectivity index (χ0v) is 11.2. The minimum atomic E-state index is 0.376. The largest absolute Gasteiger partial charge is 0.374 e. The van der Waals surface area contributed by atoms with E-state index in [9.17, 15) is 0 Å². The fourth-order valence-electron chi connectivity index (χ4n) is 3.25. The standard InChI is InChI=1S/C14H19ClN2O/c15-11-4-1-3-10(9-16)14(11)17-7-8-18-13-6-2-5-12(13)17/h1,3-4,12-13H,2,5-9,16H2. The number of nitrogens with two attached hydrogens (primary N) is 1. The summed E-state index contributed by atoms with van der Waals surface area (Å²) in [5, 5.41) is 0.811. The van der Waals surface area contributed by atoms with Crippen LogP contribution in [0, 0.1) is 0 Å². The van der Waals surface area contributed by atoms with E-state index in [1.54, 1.807) is 0 Å². The van der Waals surface area contributed by atoms with Gasteiger partial charge in [0.25, 0.3) is 0 Å². The van der Waals surface area contributed by atoms with Crippen molar-refractivity contribution in [2.45, 2.75) is 38.0 Å². The summed E-state index contributed by atoms with van der Waals surface area (Å²) in [6.07, 6.45) is 3.98. The number of benzene rings is 1. The van der Waals surface area contributed by atoms with Crippen LogP contribution in [-0.2, 0) is 11.3 Å². The van der Waals surface area contributed by atoms with Gasteiger partial charge in [0, 0.05) is 13.1 Å². The molecule has 1 heterocycles. The third kappa shape index (κ3) is 2.00. The summed E-state index contributed by atoms with van der Waals surface area (Å²) in [5.74, 6) is 0. The van der Waals surface area contributed by atoms with Gasteiger partial charge in [-0.2, -0.15) is 0 Å². The van der Waals surface area contributed by atoms with Crippen LogP contribution in [0.4, 0.5) is 5.69 Å². The van der Waals surface area contributed by atoms with Crippen LogP contribution in [0.1, 0.15) is 24.8 Å². The van der Waals surface area contributed by atoms with Crippen LogP contribution in [0.15, 0.2) is 18.2 Å². The third-order valence-electron chi connectivity index (χ3n) is 4.06. The van der Waals surface area contributed by atoms with Crippen molar-refractivity contribution in [1.82, 2.24) is 0 Å². The van der Waals surface area contributed by atoms with E-state index in [2.05, 4.69) is 11.0 Å². The summed E-state index contributed by atoms with van der Waals surface area (Å²) in [6.45, 7) is 2.24. The first-order valence-electron chi connectivity index (χ1n) is 6.67. The predicted molar refractivity (Wildman–Crippen MR) is 74.1 cm³/mol. The van der Waals surface area contributed by atoms with Gasteiger partial charge in [0.15, 0.2) is 0 Å². The van der Waals surface area contributed by atoms with E-state index in [1.807, 2.05) is 12.1 Å². The average molecular weight is 267 g/mol. The molecule has 1 aliphatic carbocycles. The van der Waals surface area contributed by atoms with Crippen molar-refractivity contribution in [2.75, 3.05) is 18.1 Å². The van der Waals surface area contributed by atoms with Crippen molar-refractivity contribution in [3.63, 3.8) is 0 Å². The van der Waals surface area contributed by atoms with Crippen molar-refractivity contribution in [3.8, 4) is 0 Å². The molecule has 0 aromatic heterocycles. The van der Waals surface area contributed by atoms with Crippen molar-refractivity contribution < 1.29 is 4.74 Å². The molecule has 4 heteroatoms. The maximum atomic E-state index is 6.39. The van der Waals surface area contributed by atoms with E-state index in [0.29, 0.717) is 18.7 Å². The molecule has 2 fully saturated rings. The zero-order chi connectivity index (χ0) is 12.5. The predicted octanol–water partition coefficient (Wildman–Crippen LogP) is 2.56. The van der Waals surface area contributed by atoms with E-state index in [4.69, 9.17) is 22.1 Å². The number of ether oxygens (including phenoxy) is 1. The normalized spacial score (nSPS) is 27.3. The van der Waals surface area contributed by atoms with Gasteiger partial charge in [-0.15, -0.1) is 0 Å². The van der Waals surface area contributed by atoms with Crippen molar-refractivity contribution in [1.29, 1.82) is 0 Å². The molecule has 2 unspecified atom stereocenters. The van der Waals surface area contributed by atoms with Gasteiger partial charge in [-0.3, -0.25) is 0 Å². The first-order valence-corrected chi connectivity index (χ1v) is 7.05. The quantitative estimate of drug-likeness (QED) is 0.894. The number of nitrogens with zero attached hydrogens (tertiary/aromatic N) is 1. The number of rotatable bonds is 2. The second-order valence-electron chi connectivity index (χ2n) is 5.05. The Morgan fingerprint density at radius 1 is 1.39 bits per heavy atom. The maximum absolute atomic E-state index is 6.39. The minimum Gasteiger partial charge on any atom is -0.374 e. The van der Waals surface area contributed by atoms with Crippen LogP contribution < -0.4 is 10.6 Å². The molecule has 2 aliphatic rings. The number of para-hydroxylation sites is 1. The smallest absolute Gasteiger partial charge is 0.0779 e. The Balaban J connectivity index is 1.98. The Labute approximate surface area is 113 Å². The lowest BCUT2D eigenvalue weighted by molar-refractivity contribution is 0.0256. The van der Waals surface area contributed by atoms with E-state index >= 15 is 0 Å². The molecule has 1 aliphatic heterocycles. The lowest BCUT2D eigenvalue weighted by Crippen LogP contribution is -2.49. The Hall–Kier alpha value is -0.770. The van der Waals surface area contributed by atoms with Crippen LogP contribution in [0.25, 0.3) is 0 Å². The zero-order valence-electron chi connectivity index (χ0n) is 10.4. The highest BCUT2D eigenvalue weighted by molar-refractivity contribution is 6.33. The number of hydrogen-bond donors (Lipinski definition) is 1. The Morgan fingerprint density at radius 2 is 2.28 bits per heavy atom. The van der Waals surface area contributed by atoms with E-state index in [-0.39, 0.29) is 0 Å². The minimum absolute atomic E-state index is 0.376. The van der Waals surface area contributed by atoms with Crippen molar-refractivity contribution >= 4 is 17.3 Å². The first-order chi connectivity index (χ1) is 8.81. The van der Waals surface area contributed by atoms with E-state index in [0.717, 1.165) is 29.4 Å². The van der Waals surface area contributed by atoms with Gasteiger partial charge in [-0.25, -0.2) is 0 Å². The number of hydrogen-bond acceptors (Lipinski definition) is 3. The summed E-state index contributed by atoms with van der Waals surface area (Å²) in [4.78, 5) is 2.42. The summed E-state index contributed by atoms with van der Waals surface area (Å²) >= 11 is 6.39. The fourth-order valence-corrected chi connectivity index (χ4v) is 3.55. The molecule has 1 aromatic rings. The Bertz CT molecular complexity index is 438. The lowest BCUT2D eigenvalue weighted by atomic mass is 10.1. The van der Waals surface area contributed by atoms with Crippen LogP contribution >= 0.6 is 11.6 Å². The van der Waals surface area contributed by atoms with Gasteiger partial charge in [0.05, 0.1) is 29.5 Å². The molecule has 3 rings (SSSR count). The molecular formula is C14H19ClN2O. The highest BCUT2D eigenvalue weighted by Crippen LogP contribution is 2.38. The first kappa shape index (κ1) is 12.3. The molecule has 18 heavy (non-hydrogen) atoms. The summed E-state index contributed by atoms with van der Waals surface area (Å²) in [7, 11) is 0. The van der Waals surface area contributed by atoms with Gasteiger partial charge in [-0.1, -0.05) is 23.7 Å². The number of morpholine rings is 1. The topological polar surface area (TPSA) is 38.5 Å². The third-order valence-corrected chi connectivity index (χ3v) is 4.36. The van der Waals surface area contributed by atoms with Gasteiger partial charge < -0.3 is 15.4 Å². The summed E-state index contributed by atoms with van der Waals surface area (Å²) in [6, 6.07) is 6.47. The number of fused-ring (bicyclic) bond motifs is 1. The molecule has 0 spiro atoms. The van der Waals surface area contributed by atoms with Crippen molar-refractivity contribution in [2.24, 2.45) is 5.73 Å². The molecule has 2 atom stereocenters. The number of anilines is 1. The van der Waals surface area contributed by atoms with Crippen LogP contribution in [0.3, 0.4) is 0 Å². The van der Waals surface area contributed by atoms with Gasteiger partial charge in [0.2, 0.25) is 0 Å². The molecule has 1 saturated heterocycles. The highest BCUT2D eigenvalue weighted by atomic mass is 35.5. The molecule has 0 radical (unpaired) electrons. The monoisotopic (exact) mass is 266 g/mol. The molecule has 98 valence electrons. The molecule has 3 nitrogen and oxygen atoms in total. The second kappa shape index (κ2) is 5.08. The van der Waals surface area contributed by atoms with E-state index in [1.165, 1.54) is 19.3 Å². The highest BCUT2D eigenvalue weighted by Gasteiger charge is 2.37. The van der Waals surface area contributed by atoms with Gasteiger partial charge in [0.1, 0.15) is 0 Å². The Kier molecular flexibility index (Phi) is 3.46. The van der Waals surface area contributed by atoms with Crippen LogP contribution in [-0.4, -0.2) is 25.3 Å². The van der Waals surface area contributed by atoms with Gasteiger partial charge in [-0.05, 0) is 30.9 Å². The molecule has 2 N–H and O–H groups in total. The molecule has 1 saturated carbocycles. The fraction of sp³-hybridized carbons (Fsp3) is 0.571. The maximum Gasteiger partial charge on any atom is 0.0779 e. The number of halogens is 1. The summed E-state index contributed by atoms with van der Waals surface area (Å²) in [5.41, 5.74) is 8.11.